The Bertz CT molecular complexity index is 723. The lowest BCUT2D eigenvalue weighted by molar-refractivity contribution is -0.662. The van der Waals surface area contributed by atoms with Crippen molar-refractivity contribution in [2.75, 3.05) is 0 Å². The van der Waals surface area contributed by atoms with Crippen molar-refractivity contribution in [2.45, 2.75) is 20.4 Å². The van der Waals surface area contributed by atoms with Crippen LogP contribution < -0.4 is 4.57 Å². The van der Waals surface area contributed by atoms with E-state index in [0.717, 1.165) is 6.54 Å². The minimum Gasteiger partial charge on any atom is -0.194 e. The largest absolute Gasteiger partial charge is 0.212 e. The van der Waals surface area contributed by atoms with E-state index in [1.54, 1.807) is 0 Å². The Hall–Kier alpha value is -2.15. The standard InChI is InChI=1S/C18H18N/c1-14-9-10-17(15(2)12-14)13-19-11-5-7-16-6-3-4-8-18(16)19/h3-12H,13H2,1-2H3/q+1. The molecule has 0 radical (unpaired) electrons. The molecule has 0 saturated carbocycles. The molecule has 0 aliphatic carbocycles. The van der Waals surface area contributed by atoms with Crippen LogP contribution in [0.1, 0.15) is 16.7 Å². The lowest BCUT2D eigenvalue weighted by Gasteiger charge is -2.05. The summed E-state index contributed by atoms with van der Waals surface area (Å²) in [6, 6.07) is 19.5. The molecule has 94 valence electrons. The highest BCUT2D eigenvalue weighted by Gasteiger charge is 2.09. The molecular formula is C18H18N+. The van der Waals surface area contributed by atoms with Gasteiger partial charge in [-0.15, -0.1) is 0 Å². The topological polar surface area (TPSA) is 3.88 Å². The molecule has 0 atom stereocenters. The number of fused-ring (bicyclic) bond motifs is 1. The van der Waals surface area contributed by atoms with Crippen molar-refractivity contribution in [1.82, 2.24) is 0 Å². The molecule has 1 aromatic heterocycles. The first-order chi connectivity index (χ1) is 9.24. The summed E-state index contributed by atoms with van der Waals surface area (Å²) in [6.07, 6.45) is 2.15. The first-order valence-electron chi connectivity index (χ1n) is 6.67. The number of nitrogens with zero attached hydrogens (tertiary/aromatic N) is 1. The van der Waals surface area contributed by atoms with Gasteiger partial charge in [-0.25, -0.2) is 0 Å². The summed E-state index contributed by atoms with van der Waals surface area (Å²) >= 11 is 0. The molecule has 2 aromatic carbocycles. The van der Waals surface area contributed by atoms with Gasteiger partial charge in [0, 0.05) is 23.1 Å². The Morgan fingerprint density at radius 3 is 2.53 bits per heavy atom. The zero-order valence-corrected chi connectivity index (χ0v) is 11.4. The molecule has 0 bridgehead atoms. The summed E-state index contributed by atoms with van der Waals surface area (Å²) in [5.74, 6) is 0. The van der Waals surface area contributed by atoms with Crippen LogP contribution >= 0.6 is 0 Å². The Balaban J connectivity index is 2.06. The van der Waals surface area contributed by atoms with Gasteiger partial charge in [-0.2, -0.15) is 4.57 Å². The van der Waals surface area contributed by atoms with Crippen molar-refractivity contribution in [2.24, 2.45) is 0 Å². The summed E-state index contributed by atoms with van der Waals surface area (Å²) in [4.78, 5) is 0. The molecule has 1 nitrogen and oxygen atoms in total. The Morgan fingerprint density at radius 2 is 1.68 bits per heavy atom. The quantitative estimate of drug-likeness (QED) is 0.607. The Kier molecular flexibility index (Phi) is 3.04. The minimum absolute atomic E-state index is 0.924. The second kappa shape index (κ2) is 4.85. The summed E-state index contributed by atoms with van der Waals surface area (Å²) in [7, 11) is 0. The van der Waals surface area contributed by atoms with Gasteiger partial charge >= 0.3 is 0 Å². The van der Waals surface area contributed by atoms with Crippen molar-refractivity contribution in [3.05, 3.63) is 77.5 Å². The van der Waals surface area contributed by atoms with E-state index in [1.165, 1.54) is 27.6 Å². The van der Waals surface area contributed by atoms with Gasteiger partial charge in [-0.05, 0) is 31.5 Å². The van der Waals surface area contributed by atoms with E-state index < -0.39 is 0 Å². The zero-order chi connectivity index (χ0) is 13.2. The molecule has 0 aliphatic heterocycles. The van der Waals surface area contributed by atoms with Crippen molar-refractivity contribution < 1.29 is 4.57 Å². The second-order valence-electron chi connectivity index (χ2n) is 5.12. The molecular weight excluding hydrogens is 230 g/mol. The predicted octanol–water partition coefficient (Wildman–Crippen LogP) is 3.79. The summed E-state index contributed by atoms with van der Waals surface area (Å²) < 4.78 is 2.31. The molecule has 0 fully saturated rings. The van der Waals surface area contributed by atoms with E-state index in [2.05, 4.69) is 79.2 Å². The Labute approximate surface area is 114 Å². The summed E-state index contributed by atoms with van der Waals surface area (Å²) in [5.41, 5.74) is 5.35. The van der Waals surface area contributed by atoms with Crippen LogP contribution in [0.3, 0.4) is 0 Å². The van der Waals surface area contributed by atoms with Gasteiger partial charge in [0.15, 0.2) is 12.7 Å². The van der Waals surface area contributed by atoms with Crippen molar-refractivity contribution >= 4 is 10.9 Å². The van der Waals surface area contributed by atoms with Gasteiger partial charge in [0.1, 0.15) is 0 Å². The highest BCUT2D eigenvalue weighted by Crippen LogP contribution is 2.12. The molecule has 0 spiro atoms. The van der Waals surface area contributed by atoms with Crippen LogP contribution in [0, 0.1) is 13.8 Å². The third-order valence-corrected chi connectivity index (χ3v) is 3.63. The van der Waals surface area contributed by atoms with E-state index in [9.17, 15) is 0 Å². The second-order valence-corrected chi connectivity index (χ2v) is 5.12. The van der Waals surface area contributed by atoms with E-state index >= 15 is 0 Å². The van der Waals surface area contributed by atoms with Crippen LogP contribution in [-0.4, -0.2) is 0 Å². The van der Waals surface area contributed by atoms with Gasteiger partial charge in [-0.3, -0.25) is 0 Å². The van der Waals surface area contributed by atoms with Gasteiger partial charge in [0.25, 0.3) is 0 Å². The third kappa shape index (κ3) is 2.37. The number of benzene rings is 2. The lowest BCUT2D eigenvalue weighted by atomic mass is 10.1. The predicted molar refractivity (Wildman–Crippen MR) is 79.2 cm³/mol. The number of aromatic nitrogens is 1. The van der Waals surface area contributed by atoms with E-state index in [1.807, 2.05) is 0 Å². The fourth-order valence-corrected chi connectivity index (χ4v) is 2.57. The molecule has 0 amide bonds. The summed E-state index contributed by atoms with van der Waals surface area (Å²) in [6.45, 7) is 5.25. The maximum Gasteiger partial charge on any atom is 0.212 e. The molecule has 3 aromatic rings. The molecule has 0 unspecified atom stereocenters. The maximum atomic E-state index is 2.31. The van der Waals surface area contributed by atoms with Crippen LogP contribution in [0.25, 0.3) is 10.9 Å². The Morgan fingerprint density at radius 1 is 0.895 bits per heavy atom. The van der Waals surface area contributed by atoms with Crippen molar-refractivity contribution in [1.29, 1.82) is 0 Å². The molecule has 19 heavy (non-hydrogen) atoms. The normalized spacial score (nSPS) is 10.8. The maximum absolute atomic E-state index is 2.31. The van der Waals surface area contributed by atoms with E-state index in [4.69, 9.17) is 0 Å². The number of pyridine rings is 1. The number of rotatable bonds is 2. The van der Waals surface area contributed by atoms with Gasteiger partial charge in [0.05, 0.1) is 0 Å². The average Bonchev–Trinajstić information content (AvgIpc) is 2.42. The molecule has 0 N–H and O–H groups in total. The zero-order valence-electron chi connectivity index (χ0n) is 11.4. The minimum atomic E-state index is 0.924. The fraction of sp³-hybridized carbons (Fsp3) is 0.167. The first kappa shape index (κ1) is 11.9. The highest BCUT2D eigenvalue weighted by atomic mass is 14.9. The number of hydrogen-bond donors (Lipinski definition) is 0. The van der Waals surface area contributed by atoms with Crippen LogP contribution in [0.2, 0.25) is 0 Å². The number of para-hydroxylation sites is 1. The van der Waals surface area contributed by atoms with Crippen LogP contribution in [0.15, 0.2) is 60.8 Å². The highest BCUT2D eigenvalue weighted by molar-refractivity contribution is 5.74. The SMILES string of the molecule is Cc1ccc(C[n+]2cccc3ccccc32)c(C)c1. The van der Waals surface area contributed by atoms with Crippen LogP contribution in [-0.2, 0) is 6.54 Å². The average molecular weight is 248 g/mol. The van der Waals surface area contributed by atoms with Crippen LogP contribution in [0.4, 0.5) is 0 Å². The number of hydrogen-bond acceptors (Lipinski definition) is 0. The van der Waals surface area contributed by atoms with Gasteiger partial charge < -0.3 is 0 Å². The molecule has 1 heterocycles. The van der Waals surface area contributed by atoms with Crippen LogP contribution in [0.5, 0.6) is 0 Å². The fourth-order valence-electron chi connectivity index (χ4n) is 2.57. The van der Waals surface area contributed by atoms with Crippen molar-refractivity contribution in [3.8, 4) is 0 Å². The molecule has 0 saturated heterocycles. The monoisotopic (exact) mass is 248 g/mol. The van der Waals surface area contributed by atoms with Gasteiger partial charge in [-0.1, -0.05) is 35.9 Å². The van der Waals surface area contributed by atoms with Gasteiger partial charge in [0.2, 0.25) is 5.52 Å². The smallest absolute Gasteiger partial charge is 0.194 e. The number of aryl methyl sites for hydroxylation is 2. The van der Waals surface area contributed by atoms with E-state index in [0.29, 0.717) is 0 Å². The summed E-state index contributed by atoms with van der Waals surface area (Å²) in [5, 5.41) is 1.29. The molecule has 1 heteroatoms. The van der Waals surface area contributed by atoms with Crippen molar-refractivity contribution in [3.63, 3.8) is 0 Å². The lowest BCUT2D eigenvalue weighted by Crippen LogP contribution is -2.34. The molecule has 3 rings (SSSR count). The molecule has 0 aliphatic rings. The first-order valence-corrected chi connectivity index (χ1v) is 6.67. The van der Waals surface area contributed by atoms with E-state index in [-0.39, 0.29) is 0 Å². The third-order valence-electron chi connectivity index (χ3n) is 3.63.